The smallest absolute Gasteiger partial charge is 0.325 e. The monoisotopic (exact) mass is 331 g/mol. The van der Waals surface area contributed by atoms with E-state index in [9.17, 15) is 4.79 Å². The molecule has 0 saturated heterocycles. The first-order chi connectivity index (χ1) is 9.71. The van der Waals surface area contributed by atoms with Crippen LogP contribution in [0.15, 0.2) is 17.1 Å². The third-order valence-corrected chi connectivity index (χ3v) is 3.62. The maximum absolute atomic E-state index is 11.7. The summed E-state index contributed by atoms with van der Waals surface area (Å²) in [4.78, 5) is 18.9. The van der Waals surface area contributed by atoms with E-state index in [2.05, 4.69) is 10.3 Å². The van der Waals surface area contributed by atoms with Crippen molar-refractivity contribution < 1.29 is 9.53 Å². The molecular weight excluding hydrogens is 310 g/mol. The second-order valence-corrected chi connectivity index (χ2v) is 7.35. The van der Waals surface area contributed by atoms with Crippen LogP contribution in [-0.2, 0) is 16.1 Å². The van der Waals surface area contributed by atoms with E-state index in [1.165, 1.54) is 11.3 Å². The lowest BCUT2D eigenvalue weighted by Gasteiger charge is -2.23. The number of nitrogens with one attached hydrogen (secondary N) is 1. The predicted octanol–water partition coefficient (Wildman–Crippen LogP) is 2.75. The van der Waals surface area contributed by atoms with E-state index in [0.29, 0.717) is 12.5 Å². The van der Waals surface area contributed by atoms with Crippen LogP contribution in [0.1, 0.15) is 25.6 Å². The number of nitrogens with zero attached hydrogens (tertiary/aromatic N) is 2. The fourth-order valence-corrected chi connectivity index (χ4v) is 2.80. The van der Waals surface area contributed by atoms with Crippen LogP contribution in [0.2, 0.25) is 4.34 Å². The summed E-state index contributed by atoms with van der Waals surface area (Å²) in [6, 6.07) is 3.84. The highest BCUT2D eigenvalue weighted by Gasteiger charge is 2.17. The topological polar surface area (TPSA) is 53.9 Å². The minimum Gasteiger partial charge on any atom is -0.459 e. The molecule has 0 aliphatic rings. The number of rotatable bonds is 4. The van der Waals surface area contributed by atoms with Gasteiger partial charge in [-0.15, -0.1) is 11.3 Å². The Labute approximate surface area is 135 Å². The first-order valence-electron chi connectivity index (χ1n) is 6.59. The van der Waals surface area contributed by atoms with E-state index in [-0.39, 0.29) is 12.5 Å². The molecule has 0 spiro atoms. The summed E-state index contributed by atoms with van der Waals surface area (Å²) in [5.41, 5.74) is -0.484. The molecule has 118 valence electrons. The summed E-state index contributed by atoms with van der Waals surface area (Å²) in [6.45, 7) is 6.27. The predicted molar refractivity (Wildman–Crippen MR) is 88.0 cm³/mol. The zero-order valence-corrected chi connectivity index (χ0v) is 14.6. The molecule has 21 heavy (non-hydrogen) atoms. The number of hydrogen-bond acceptors (Lipinski definition) is 4. The van der Waals surface area contributed by atoms with Crippen LogP contribution in [-0.4, -0.2) is 43.1 Å². The lowest BCUT2D eigenvalue weighted by atomic mass is 10.2. The molecule has 5 nitrogen and oxygen atoms in total. The number of thiophene rings is 1. The minimum absolute atomic E-state index is 0.0828. The van der Waals surface area contributed by atoms with Crippen LogP contribution in [0.25, 0.3) is 0 Å². The van der Waals surface area contributed by atoms with Gasteiger partial charge in [-0.1, -0.05) is 11.6 Å². The van der Waals surface area contributed by atoms with Gasteiger partial charge in [0, 0.05) is 19.0 Å². The van der Waals surface area contributed by atoms with Crippen LogP contribution in [0.5, 0.6) is 0 Å². The first-order valence-corrected chi connectivity index (χ1v) is 7.78. The highest BCUT2D eigenvalue weighted by molar-refractivity contribution is 7.16. The van der Waals surface area contributed by atoms with Crippen molar-refractivity contribution in [2.75, 3.05) is 20.6 Å². The molecule has 1 N–H and O–H groups in total. The molecule has 1 aromatic rings. The minimum atomic E-state index is -0.484. The molecule has 1 rings (SSSR count). The van der Waals surface area contributed by atoms with Crippen molar-refractivity contribution in [1.29, 1.82) is 0 Å². The molecule has 1 aromatic heterocycles. The third-order valence-electron chi connectivity index (χ3n) is 2.41. The van der Waals surface area contributed by atoms with Crippen LogP contribution >= 0.6 is 22.9 Å². The summed E-state index contributed by atoms with van der Waals surface area (Å²) >= 11 is 7.44. The number of esters is 1. The van der Waals surface area contributed by atoms with E-state index in [0.717, 1.165) is 9.21 Å². The van der Waals surface area contributed by atoms with Crippen LogP contribution in [0, 0.1) is 0 Å². The number of ether oxygens (including phenoxy) is 1. The quantitative estimate of drug-likeness (QED) is 0.523. The summed E-state index contributed by atoms with van der Waals surface area (Å²) in [6.07, 6.45) is 0. The Bertz CT molecular complexity index is 509. The van der Waals surface area contributed by atoms with Crippen molar-refractivity contribution in [2.45, 2.75) is 32.9 Å². The molecule has 0 bridgehead atoms. The molecule has 0 atom stereocenters. The zero-order chi connectivity index (χ0) is 16.0. The maximum Gasteiger partial charge on any atom is 0.325 e. The summed E-state index contributed by atoms with van der Waals surface area (Å²) in [5, 5.41) is 2.99. The zero-order valence-electron chi connectivity index (χ0n) is 13.1. The summed E-state index contributed by atoms with van der Waals surface area (Å²) in [5.74, 6) is 0.321. The number of halogens is 1. The van der Waals surface area contributed by atoms with Crippen molar-refractivity contribution in [1.82, 2.24) is 10.2 Å². The van der Waals surface area contributed by atoms with E-state index < -0.39 is 5.60 Å². The molecule has 1 heterocycles. The fourth-order valence-electron chi connectivity index (χ4n) is 1.66. The highest BCUT2D eigenvalue weighted by Crippen LogP contribution is 2.22. The fraction of sp³-hybridized carbons (Fsp3) is 0.571. The standard InChI is InChI=1S/C14H22ClN3O2S/c1-14(2,3)20-12(19)8-17-13(16-4)18(5)9-10-6-7-11(15)21-10/h6-7H,8-9H2,1-5H3,(H,16,17). The Balaban J connectivity index is 2.49. The lowest BCUT2D eigenvalue weighted by molar-refractivity contribution is -0.153. The van der Waals surface area contributed by atoms with Gasteiger partial charge in [-0.25, -0.2) is 0 Å². The maximum atomic E-state index is 11.7. The molecule has 0 radical (unpaired) electrons. The SMILES string of the molecule is CN=C(NCC(=O)OC(C)(C)C)N(C)Cc1ccc(Cl)s1. The molecule has 0 unspecified atom stereocenters. The van der Waals surface area contributed by atoms with Gasteiger partial charge in [0.2, 0.25) is 0 Å². The van der Waals surface area contributed by atoms with Gasteiger partial charge in [-0.2, -0.15) is 0 Å². The Morgan fingerprint density at radius 2 is 2.14 bits per heavy atom. The Morgan fingerprint density at radius 1 is 1.48 bits per heavy atom. The molecule has 0 saturated carbocycles. The summed E-state index contributed by atoms with van der Waals surface area (Å²) in [7, 11) is 3.58. The van der Waals surface area contributed by atoms with E-state index in [1.54, 1.807) is 7.05 Å². The molecule has 0 aromatic carbocycles. The van der Waals surface area contributed by atoms with Crippen molar-refractivity contribution in [3.8, 4) is 0 Å². The number of guanidine groups is 1. The van der Waals surface area contributed by atoms with E-state index in [4.69, 9.17) is 16.3 Å². The van der Waals surface area contributed by atoms with Crippen molar-refractivity contribution in [3.05, 3.63) is 21.3 Å². The van der Waals surface area contributed by atoms with Gasteiger partial charge in [-0.3, -0.25) is 9.79 Å². The van der Waals surface area contributed by atoms with Crippen LogP contribution in [0.3, 0.4) is 0 Å². The Hall–Kier alpha value is -1.27. The Morgan fingerprint density at radius 3 is 2.62 bits per heavy atom. The molecule has 7 heteroatoms. The highest BCUT2D eigenvalue weighted by atomic mass is 35.5. The second kappa shape index (κ2) is 7.66. The molecule has 0 aliphatic carbocycles. The first kappa shape index (κ1) is 17.8. The number of aliphatic imine (C=N–C) groups is 1. The van der Waals surface area contributed by atoms with Gasteiger partial charge in [0.15, 0.2) is 5.96 Å². The van der Waals surface area contributed by atoms with Crippen molar-refractivity contribution in [3.63, 3.8) is 0 Å². The third kappa shape index (κ3) is 6.82. The van der Waals surface area contributed by atoms with Gasteiger partial charge in [0.05, 0.1) is 10.9 Å². The summed E-state index contributed by atoms with van der Waals surface area (Å²) < 4.78 is 6.00. The van der Waals surface area contributed by atoms with Crippen LogP contribution in [0.4, 0.5) is 0 Å². The van der Waals surface area contributed by atoms with Gasteiger partial charge >= 0.3 is 5.97 Å². The van der Waals surface area contributed by atoms with Gasteiger partial charge < -0.3 is 15.0 Å². The van der Waals surface area contributed by atoms with Crippen LogP contribution < -0.4 is 5.32 Å². The van der Waals surface area contributed by atoms with Gasteiger partial charge in [-0.05, 0) is 32.9 Å². The van der Waals surface area contributed by atoms with Crippen molar-refractivity contribution in [2.24, 2.45) is 4.99 Å². The molecule has 0 amide bonds. The molecule has 0 aliphatic heterocycles. The number of hydrogen-bond donors (Lipinski definition) is 1. The second-order valence-electron chi connectivity index (χ2n) is 5.55. The Kier molecular flexibility index (Phi) is 6.48. The van der Waals surface area contributed by atoms with Gasteiger partial charge in [0.25, 0.3) is 0 Å². The average Bonchev–Trinajstić information content (AvgIpc) is 2.73. The van der Waals surface area contributed by atoms with E-state index >= 15 is 0 Å². The average molecular weight is 332 g/mol. The largest absolute Gasteiger partial charge is 0.459 e. The number of carbonyl (C=O) groups excluding carboxylic acids is 1. The molecule has 0 fully saturated rings. The molecular formula is C14H22ClN3O2S. The van der Waals surface area contributed by atoms with E-state index in [1.807, 2.05) is 44.9 Å². The lowest BCUT2D eigenvalue weighted by Crippen LogP contribution is -2.42. The van der Waals surface area contributed by atoms with Gasteiger partial charge in [0.1, 0.15) is 12.1 Å². The van der Waals surface area contributed by atoms with Crippen molar-refractivity contribution >= 4 is 34.9 Å². The number of carbonyl (C=O) groups is 1. The normalized spacial score (nSPS) is 12.2.